The van der Waals surface area contributed by atoms with E-state index in [9.17, 15) is 14.4 Å². The van der Waals surface area contributed by atoms with Gasteiger partial charge in [-0.3, -0.25) is 14.9 Å². The number of hydrogen-bond acceptors (Lipinski definition) is 6. The van der Waals surface area contributed by atoms with Crippen LogP contribution in [0.25, 0.3) is 0 Å². The number of nitrogens with one attached hydrogen (secondary N) is 4. The van der Waals surface area contributed by atoms with Gasteiger partial charge in [0.1, 0.15) is 11.6 Å². The van der Waals surface area contributed by atoms with E-state index in [1.54, 1.807) is 17.0 Å². The fraction of sp³-hybridized carbons (Fsp3) is 0.407. The van der Waals surface area contributed by atoms with Gasteiger partial charge in [0, 0.05) is 18.8 Å². The Kier molecular flexibility index (Phi) is 8.80. The molecule has 2 aromatic heterocycles. The van der Waals surface area contributed by atoms with E-state index < -0.39 is 6.03 Å². The summed E-state index contributed by atoms with van der Waals surface area (Å²) in [6.45, 7) is 7.01. The Morgan fingerprint density at radius 2 is 1.84 bits per heavy atom. The number of anilines is 3. The molecule has 11 heteroatoms. The number of benzene rings is 1. The molecule has 3 aromatic rings. The van der Waals surface area contributed by atoms with Gasteiger partial charge in [0.05, 0.1) is 18.6 Å². The molecule has 3 heterocycles. The highest BCUT2D eigenvalue weighted by Gasteiger charge is 2.28. The Morgan fingerprint density at radius 3 is 2.53 bits per heavy atom. The third-order valence-electron chi connectivity index (χ3n) is 6.14. The van der Waals surface area contributed by atoms with E-state index in [-0.39, 0.29) is 41.9 Å². The lowest BCUT2D eigenvalue weighted by atomic mass is 10.1. The summed E-state index contributed by atoms with van der Waals surface area (Å²) in [5.74, 6) is 1.37. The normalized spacial score (nSPS) is 17.2. The lowest BCUT2D eigenvalue weighted by Crippen LogP contribution is -2.48. The molecule has 1 aliphatic rings. The average molecular weight is 523 g/mol. The molecular weight excluding hydrogens is 488 g/mol. The van der Waals surface area contributed by atoms with E-state index >= 15 is 0 Å². The van der Waals surface area contributed by atoms with Crippen LogP contribution in [0.1, 0.15) is 61.3 Å². The van der Waals surface area contributed by atoms with Crippen molar-refractivity contribution in [2.75, 3.05) is 29.0 Å². The molecule has 0 radical (unpaired) electrons. The van der Waals surface area contributed by atoms with Crippen LogP contribution in [0.15, 0.2) is 40.8 Å². The topological polar surface area (TPSA) is 142 Å². The van der Waals surface area contributed by atoms with Crippen LogP contribution in [-0.2, 0) is 22.4 Å². The Bertz CT molecular complexity index is 1240. The first kappa shape index (κ1) is 26.9. The highest BCUT2D eigenvalue weighted by molar-refractivity contribution is 6.01. The molecule has 4 rings (SSSR count). The molecule has 4 N–H and O–H groups in total. The largest absolute Gasteiger partial charge is 0.455 e. The lowest BCUT2D eigenvalue weighted by Gasteiger charge is -2.34. The van der Waals surface area contributed by atoms with Crippen LogP contribution < -0.4 is 16.0 Å². The summed E-state index contributed by atoms with van der Waals surface area (Å²) in [5.41, 5.74) is 1.86. The van der Waals surface area contributed by atoms with Gasteiger partial charge in [-0.25, -0.2) is 9.78 Å². The zero-order valence-corrected chi connectivity index (χ0v) is 21.9. The number of unbranched alkanes of at least 4 members (excludes halogenated alkanes) is 1. The van der Waals surface area contributed by atoms with Crippen LogP contribution >= 0.6 is 0 Å². The molecule has 0 bridgehead atoms. The van der Waals surface area contributed by atoms with Crippen LogP contribution in [-0.4, -0.2) is 58.5 Å². The van der Waals surface area contributed by atoms with Gasteiger partial charge < -0.3 is 29.7 Å². The SMILES string of the molecule is CCCCc1ccc(NC(=O)Nc2[nH]c(Cc3ccc(C(=O)N4CC(C)O[C@@H](C)C4)o3)nc2NC=O)cc1. The van der Waals surface area contributed by atoms with Gasteiger partial charge in [-0.05, 0) is 56.5 Å². The molecule has 2 atom stereocenters. The van der Waals surface area contributed by atoms with Crippen LogP contribution in [0, 0.1) is 0 Å². The van der Waals surface area contributed by atoms with Crippen molar-refractivity contribution in [3.05, 3.63) is 59.3 Å². The second-order valence-electron chi connectivity index (χ2n) is 9.46. The number of urea groups is 1. The second-order valence-corrected chi connectivity index (χ2v) is 9.46. The minimum Gasteiger partial charge on any atom is -0.455 e. The van der Waals surface area contributed by atoms with Crippen molar-refractivity contribution < 1.29 is 23.5 Å². The van der Waals surface area contributed by atoms with Crippen molar-refractivity contribution in [2.24, 2.45) is 0 Å². The number of aromatic amines is 1. The van der Waals surface area contributed by atoms with Gasteiger partial charge in [0.2, 0.25) is 6.41 Å². The van der Waals surface area contributed by atoms with Crippen molar-refractivity contribution >= 4 is 35.7 Å². The van der Waals surface area contributed by atoms with Crippen molar-refractivity contribution in [1.29, 1.82) is 0 Å². The second kappa shape index (κ2) is 12.4. The molecule has 0 aliphatic carbocycles. The summed E-state index contributed by atoms with van der Waals surface area (Å²) in [6.07, 6.45) is 3.85. The molecule has 0 spiro atoms. The molecule has 202 valence electrons. The molecule has 38 heavy (non-hydrogen) atoms. The quantitative estimate of drug-likeness (QED) is 0.291. The molecule has 1 saturated heterocycles. The summed E-state index contributed by atoms with van der Waals surface area (Å²) in [4.78, 5) is 45.6. The Hall–Kier alpha value is -4.12. The summed E-state index contributed by atoms with van der Waals surface area (Å²) in [7, 11) is 0. The number of carbonyl (C=O) groups is 3. The Morgan fingerprint density at radius 1 is 1.11 bits per heavy atom. The van der Waals surface area contributed by atoms with Gasteiger partial charge in [0.15, 0.2) is 17.4 Å². The number of amides is 4. The highest BCUT2D eigenvalue weighted by atomic mass is 16.5. The molecule has 0 saturated carbocycles. The fourth-order valence-electron chi connectivity index (χ4n) is 4.42. The number of aryl methyl sites for hydroxylation is 1. The van der Waals surface area contributed by atoms with Crippen molar-refractivity contribution in [3.8, 4) is 0 Å². The van der Waals surface area contributed by atoms with Gasteiger partial charge in [-0.1, -0.05) is 25.5 Å². The minimum atomic E-state index is -0.490. The van der Waals surface area contributed by atoms with Crippen molar-refractivity contribution in [1.82, 2.24) is 14.9 Å². The first-order chi connectivity index (χ1) is 18.3. The monoisotopic (exact) mass is 522 g/mol. The summed E-state index contributed by atoms with van der Waals surface area (Å²) >= 11 is 0. The summed E-state index contributed by atoms with van der Waals surface area (Å²) in [6, 6.07) is 10.5. The van der Waals surface area contributed by atoms with Crippen molar-refractivity contribution in [2.45, 2.75) is 58.7 Å². The third kappa shape index (κ3) is 7.00. The molecule has 11 nitrogen and oxygen atoms in total. The van der Waals surface area contributed by atoms with E-state index in [1.165, 1.54) is 5.56 Å². The van der Waals surface area contributed by atoms with E-state index in [2.05, 4.69) is 32.8 Å². The Balaban J connectivity index is 1.38. The number of furan rings is 1. The van der Waals surface area contributed by atoms with Crippen LogP contribution in [0.2, 0.25) is 0 Å². The first-order valence-corrected chi connectivity index (χ1v) is 12.8. The zero-order valence-electron chi connectivity index (χ0n) is 21.9. The smallest absolute Gasteiger partial charge is 0.324 e. The first-order valence-electron chi connectivity index (χ1n) is 12.8. The summed E-state index contributed by atoms with van der Waals surface area (Å²) in [5, 5.41) is 7.94. The van der Waals surface area contributed by atoms with Gasteiger partial charge in [0.25, 0.3) is 5.91 Å². The molecule has 1 unspecified atom stereocenters. The van der Waals surface area contributed by atoms with E-state index in [1.807, 2.05) is 38.1 Å². The number of hydrogen-bond donors (Lipinski definition) is 4. The maximum atomic E-state index is 12.9. The van der Waals surface area contributed by atoms with Gasteiger partial charge >= 0.3 is 6.03 Å². The maximum Gasteiger partial charge on any atom is 0.324 e. The van der Waals surface area contributed by atoms with Crippen LogP contribution in [0.3, 0.4) is 0 Å². The third-order valence-corrected chi connectivity index (χ3v) is 6.14. The van der Waals surface area contributed by atoms with Gasteiger partial charge in [-0.2, -0.15) is 0 Å². The number of aromatic nitrogens is 2. The number of morpholine rings is 1. The van der Waals surface area contributed by atoms with E-state index in [0.29, 0.717) is 36.8 Å². The summed E-state index contributed by atoms with van der Waals surface area (Å²) < 4.78 is 11.5. The zero-order chi connectivity index (χ0) is 27.1. The Labute approximate surface area is 221 Å². The standard InChI is InChI=1S/C27H34N6O5/c1-4-5-6-19-7-9-20(10-8-19)29-27(36)32-25-24(28-16-34)30-23(31-25)13-21-11-12-22(38-21)26(35)33-14-17(2)37-18(3)15-33/h7-12,16-18H,4-6,13-15H2,1-3H3,(H,28,34)(H,30,31)(H2,29,32,36)/t17-,18?/m0/s1. The molecule has 1 aromatic carbocycles. The number of H-pyrrole nitrogens is 1. The predicted molar refractivity (Wildman–Crippen MR) is 143 cm³/mol. The van der Waals surface area contributed by atoms with Gasteiger partial charge in [-0.15, -0.1) is 0 Å². The van der Waals surface area contributed by atoms with Crippen LogP contribution in [0.4, 0.5) is 22.1 Å². The predicted octanol–water partition coefficient (Wildman–Crippen LogP) is 4.40. The van der Waals surface area contributed by atoms with E-state index in [0.717, 1.165) is 19.3 Å². The highest BCUT2D eigenvalue weighted by Crippen LogP contribution is 2.22. The van der Waals surface area contributed by atoms with Crippen LogP contribution in [0.5, 0.6) is 0 Å². The lowest BCUT2D eigenvalue weighted by molar-refractivity contribution is -0.105. The van der Waals surface area contributed by atoms with Crippen molar-refractivity contribution in [3.63, 3.8) is 0 Å². The molecule has 1 aliphatic heterocycles. The average Bonchev–Trinajstić information content (AvgIpc) is 3.49. The number of ether oxygens (including phenoxy) is 1. The number of nitrogens with zero attached hydrogens (tertiary/aromatic N) is 2. The number of carbonyl (C=O) groups excluding carboxylic acids is 3. The minimum absolute atomic E-state index is 0.0442. The molecule has 1 fully saturated rings. The van der Waals surface area contributed by atoms with E-state index in [4.69, 9.17) is 9.15 Å². The fourth-order valence-corrected chi connectivity index (χ4v) is 4.42. The molecule has 4 amide bonds. The number of imidazole rings is 1. The maximum absolute atomic E-state index is 12.9. The number of rotatable bonds is 10. The molecular formula is C27H34N6O5.